The molecule has 0 saturated carbocycles. The van der Waals surface area contributed by atoms with Crippen LogP contribution in [0.1, 0.15) is 5.56 Å². The lowest BCUT2D eigenvalue weighted by Gasteiger charge is -2.33. The molecule has 1 fully saturated rings. The molecule has 2 aliphatic heterocycles. The summed E-state index contributed by atoms with van der Waals surface area (Å²) in [5.74, 6) is 0.877. The van der Waals surface area contributed by atoms with Crippen LogP contribution in [-0.2, 0) is 16.0 Å². The Morgan fingerprint density at radius 2 is 1.86 bits per heavy atom. The molecule has 3 rings (SSSR count). The van der Waals surface area contributed by atoms with Crippen LogP contribution < -0.4 is 4.74 Å². The highest BCUT2D eigenvalue weighted by Gasteiger charge is 2.29. The van der Waals surface area contributed by atoms with Crippen LogP contribution in [0.15, 0.2) is 48.7 Å². The highest BCUT2D eigenvalue weighted by molar-refractivity contribution is 5.85. The molecule has 21 heavy (non-hydrogen) atoms. The molecule has 1 saturated heterocycles. The topological polar surface area (TPSA) is 30.9 Å². The zero-order valence-electron chi connectivity index (χ0n) is 12.0. The number of ether oxygens (including phenoxy) is 3. The summed E-state index contributed by atoms with van der Waals surface area (Å²) >= 11 is 0. The summed E-state index contributed by atoms with van der Waals surface area (Å²) in [5.41, 5.74) is 1.23. The first-order valence-corrected chi connectivity index (χ1v) is 6.84. The average Bonchev–Trinajstić information content (AvgIpc) is 3.03. The molecular weight excluding hydrogens is 290 g/mol. The Balaban J connectivity index is 0.00000161. The quantitative estimate of drug-likeness (QED) is 0.856. The Morgan fingerprint density at radius 1 is 1.14 bits per heavy atom. The maximum Gasteiger partial charge on any atom is 0.181 e. The van der Waals surface area contributed by atoms with Crippen molar-refractivity contribution in [3.63, 3.8) is 0 Å². The summed E-state index contributed by atoms with van der Waals surface area (Å²) in [6.45, 7) is 2.17. The molecule has 0 spiro atoms. The number of allylic oxidation sites excluding steroid dienone is 2. The second kappa shape index (κ2) is 7.50. The van der Waals surface area contributed by atoms with Crippen LogP contribution in [0.4, 0.5) is 0 Å². The van der Waals surface area contributed by atoms with Crippen LogP contribution in [0.5, 0.6) is 5.75 Å². The van der Waals surface area contributed by atoms with Crippen LogP contribution in [0.25, 0.3) is 0 Å². The number of rotatable bonds is 4. The second-order valence-corrected chi connectivity index (χ2v) is 4.85. The van der Waals surface area contributed by atoms with E-state index >= 15 is 0 Å². The number of hydrogen-bond donors (Lipinski definition) is 0. The van der Waals surface area contributed by atoms with Gasteiger partial charge in [0, 0.05) is 12.7 Å². The van der Waals surface area contributed by atoms with Gasteiger partial charge in [0.15, 0.2) is 6.29 Å². The molecule has 2 aliphatic rings. The molecule has 0 amide bonds. The Bertz CT molecular complexity index is 495. The van der Waals surface area contributed by atoms with E-state index in [1.54, 1.807) is 7.11 Å². The van der Waals surface area contributed by atoms with Gasteiger partial charge >= 0.3 is 0 Å². The van der Waals surface area contributed by atoms with Crippen molar-refractivity contribution in [1.29, 1.82) is 0 Å². The van der Waals surface area contributed by atoms with Crippen molar-refractivity contribution in [2.45, 2.75) is 18.9 Å². The lowest BCUT2D eigenvalue weighted by Crippen LogP contribution is -2.40. The van der Waals surface area contributed by atoms with Crippen LogP contribution in [0.2, 0.25) is 0 Å². The predicted octanol–water partition coefficient (Wildman–Crippen LogP) is 2.74. The molecule has 0 radical (unpaired) electrons. The summed E-state index contributed by atoms with van der Waals surface area (Å²) < 4.78 is 16.4. The molecule has 5 heteroatoms. The molecule has 0 N–H and O–H groups in total. The van der Waals surface area contributed by atoms with Gasteiger partial charge in [-0.2, -0.15) is 0 Å². The van der Waals surface area contributed by atoms with Gasteiger partial charge in [0.1, 0.15) is 5.75 Å². The summed E-state index contributed by atoms with van der Waals surface area (Å²) in [6, 6.07) is 8.26. The maximum absolute atomic E-state index is 5.63. The minimum absolute atomic E-state index is 0. The van der Waals surface area contributed by atoms with E-state index in [0.29, 0.717) is 13.2 Å². The molecular formula is C16H20ClNO3. The molecule has 4 nitrogen and oxygen atoms in total. The first-order chi connectivity index (χ1) is 9.86. The minimum Gasteiger partial charge on any atom is -0.497 e. The third kappa shape index (κ3) is 3.79. The Morgan fingerprint density at radius 3 is 2.52 bits per heavy atom. The zero-order chi connectivity index (χ0) is 13.8. The number of methoxy groups -OCH3 is 1. The minimum atomic E-state index is -0.172. The first kappa shape index (κ1) is 15.9. The van der Waals surface area contributed by atoms with Crippen LogP contribution in [0, 0.1) is 0 Å². The molecule has 2 heterocycles. The van der Waals surface area contributed by atoms with E-state index in [1.807, 2.05) is 24.3 Å². The van der Waals surface area contributed by atoms with Gasteiger partial charge in [0.2, 0.25) is 0 Å². The largest absolute Gasteiger partial charge is 0.497 e. The van der Waals surface area contributed by atoms with E-state index in [9.17, 15) is 0 Å². The zero-order valence-corrected chi connectivity index (χ0v) is 12.8. The third-order valence-electron chi connectivity index (χ3n) is 3.53. The smallest absolute Gasteiger partial charge is 0.181 e. The number of nitrogens with zero attached hydrogens (tertiary/aromatic N) is 1. The van der Waals surface area contributed by atoms with Gasteiger partial charge in [0.05, 0.1) is 26.4 Å². The normalized spacial score (nSPS) is 21.4. The van der Waals surface area contributed by atoms with E-state index in [2.05, 4.69) is 29.3 Å². The summed E-state index contributed by atoms with van der Waals surface area (Å²) in [6.07, 6.45) is 8.11. The number of halogens is 1. The molecule has 1 unspecified atom stereocenters. The standard InChI is InChI=1S/C16H19NO3.ClH/c1-18-14-7-5-13(6-8-14)12-17-9-3-2-4-15(17)16-19-10-11-20-16;/h2-9,15-16H,10-12H2,1H3;1H. The lowest BCUT2D eigenvalue weighted by atomic mass is 10.1. The summed E-state index contributed by atoms with van der Waals surface area (Å²) in [4.78, 5) is 2.23. The first-order valence-electron chi connectivity index (χ1n) is 6.84. The monoisotopic (exact) mass is 309 g/mol. The third-order valence-corrected chi connectivity index (χ3v) is 3.53. The summed E-state index contributed by atoms with van der Waals surface area (Å²) in [5, 5.41) is 0. The van der Waals surface area contributed by atoms with Gasteiger partial charge in [-0.25, -0.2) is 0 Å². The lowest BCUT2D eigenvalue weighted by molar-refractivity contribution is -0.0789. The van der Waals surface area contributed by atoms with Gasteiger partial charge in [-0.3, -0.25) is 0 Å². The van der Waals surface area contributed by atoms with Crippen molar-refractivity contribution in [2.75, 3.05) is 20.3 Å². The Kier molecular flexibility index (Phi) is 5.67. The maximum atomic E-state index is 5.63. The number of hydrogen-bond acceptors (Lipinski definition) is 4. The van der Waals surface area contributed by atoms with Gasteiger partial charge in [-0.15, -0.1) is 12.4 Å². The van der Waals surface area contributed by atoms with E-state index in [0.717, 1.165) is 12.3 Å². The molecule has 1 aromatic carbocycles. The number of benzene rings is 1. The van der Waals surface area contributed by atoms with Gasteiger partial charge in [-0.05, 0) is 23.8 Å². The summed E-state index contributed by atoms with van der Waals surface area (Å²) in [7, 11) is 1.68. The SMILES string of the molecule is COc1ccc(CN2C=CC=CC2C2OCCO2)cc1.Cl. The van der Waals surface area contributed by atoms with E-state index in [-0.39, 0.29) is 24.7 Å². The second-order valence-electron chi connectivity index (χ2n) is 4.85. The molecule has 1 atom stereocenters. The van der Waals surface area contributed by atoms with Crippen LogP contribution >= 0.6 is 12.4 Å². The van der Waals surface area contributed by atoms with E-state index < -0.39 is 0 Å². The molecule has 114 valence electrons. The van der Waals surface area contributed by atoms with E-state index in [1.165, 1.54) is 5.56 Å². The van der Waals surface area contributed by atoms with Gasteiger partial charge in [0.25, 0.3) is 0 Å². The van der Waals surface area contributed by atoms with E-state index in [4.69, 9.17) is 14.2 Å². The molecule has 1 aromatic rings. The van der Waals surface area contributed by atoms with Crippen molar-refractivity contribution < 1.29 is 14.2 Å². The van der Waals surface area contributed by atoms with Crippen molar-refractivity contribution in [2.24, 2.45) is 0 Å². The van der Waals surface area contributed by atoms with Gasteiger partial charge < -0.3 is 19.1 Å². The highest BCUT2D eigenvalue weighted by atomic mass is 35.5. The predicted molar refractivity (Wildman–Crippen MR) is 83.5 cm³/mol. The van der Waals surface area contributed by atoms with Crippen molar-refractivity contribution in [3.8, 4) is 5.75 Å². The van der Waals surface area contributed by atoms with Crippen molar-refractivity contribution >= 4 is 12.4 Å². The van der Waals surface area contributed by atoms with Gasteiger partial charge in [-0.1, -0.05) is 24.3 Å². The molecule has 0 aromatic heterocycles. The van der Waals surface area contributed by atoms with Crippen molar-refractivity contribution in [3.05, 3.63) is 54.3 Å². The Labute approximate surface area is 131 Å². The Hall–Kier alpha value is -1.49. The van der Waals surface area contributed by atoms with Crippen LogP contribution in [0.3, 0.4) is 0 Å². The fourth-order valence-corrected chi connectivity index (χ4v) is 2.47. The van der Waals surface area contributed by atoms with Crippen LogP contribution in [-0.4, -0.2) is 37.6 Å². The van der Waals surface area contributed by atoms with Crippen molar-refractivity contribution in [1.82, 2.24) is 4.90 Å². The average molecular weight is 310 g/mol. The molecule has 0 aliphatic carbocycles. The fraction of sp³-hybridized carbons (Fsp3) is 0.375. The fourth-order valence-electron chi connectivity index (χ4n) is 2.47. The highest BCUT2D eigenvalue weighted by Crippen LogP contribution is 2.22. The molecule has 0 bridgehead atoms.